The van der Waals surface area contributed by atoms with Crippen molar-refractivity contribution in [2.45, 2.75) is 37.2 Å². The van der Waals surface area contributed by atoms with Crippen molar-refractivity contribution in [3.63, 3.8) is 0 Å². The molecule has 0 radical (unpaired) electrons. The molecule has 4 nitrogen and oxygen atoms in total. The van der Waals surface area contributed by atoms with E-state index in [4.69, 9.17) is 11.6 Å². The predicted octanol–water partition coefficient (Wildman–Crippen LogP) is 2.75. The molecule has 3 rings (SSSR count). The molecule has 2 aliphatic rings. The Kier molecular flexibility index (Phi) is 4.12. The number of benzene rings is 1. The lowest BCUT2D eigenvalue weighted by Crippen LogP contribution is -2.50. The number of carbonyl (C=O) groups excluding carboxylic acids is 2. The summed E-state index contributed by atoms with van der Waals surface area (Å²) in [6.07, 6.45) is 1.38. The van der Waals surface area contributed by atoms with Crippen LogP contribution in [0.4, 0.5) is 0 Å². The van der Waals surface area contributed by atoms with Crippen molar-refractivity contribution in [3.05, 3.63) is 34.9 Å². The molecular weight excluding hydrogens is 320 g/mol. The molecule has 118 valence electrons. The van der Waals surface area contributed by atoms with Crippen molar-refractivity contribution >= 4 is 35.2 Å². The standard InChI is InChI=1S/C16H19ClN2O2S/c1-16-7-6-14(20)19(16)13(10-22-16)15(21)18(2)9-11-4-3-5-12(17)8-11/h3-5,8,13H,6-7,9-10H2,1-2H3/t13-,16-/m0/s1. The van der Waals surface area contributed by atoms with Gasteiger partial charge in [0.15, 0.2) is 0 Å². The van der Waals surface area contributed by atoms with Crippen LogP contribution in [0.1, 0.15) is 25.3 Å². The van der Waals surface area contributed by atoms with E-state index < -0.39 is 0 Å². The number of nitrogens with zero attached hydrogens (tertiary/aromatic N) is 2. The van der Waals surface area contributed by atoms with Gasteiger partial charge in [-0.25, -0.2) is 0 Å². The van der Waals surface area contributed by atoms with E-state index in [1.807, 2.05) is 24.3 Å². The lowest BCUT2D eigenvalue weighted by molar-refractivity contribution is -0.143. The third-order valence-corrected chi connectivity index (χ3v) is 6.16. The Morgan fingerprint density at radius 3 is 3.05 bits per heavy atom. The highest BCUT2D eigenvalue weighted by Crippen LogP contribution is 2.47. The number of amides is 2. The van der Waals surface area contributed by atoms with Gasteiger partial charge in [0.05, 0.1) is 4.87 Å². The molecule has 0 spiro atoms. The predicted molar refractivity (Wildman–Crippen MR) is 88.7 cm³/mol. The van der Waals surface area contributed by atoms with Gasteiger partial charge in [-0.3, -0.25) is 9.59 Å². The van der Waals surface area contributed by atoms with Gasteiger partial charge in [-0.05, 0) is 31.0 Å². The Balaban J connectivity index is 1.72. The summed E-state index contributed by atoms with van der Waals surface area (Å²) in [5, 5.41) is 0.664. The lowest BCUT2D eigenvalue weighted by atomic mass is 10.1. The first-order chi connectivity index (χ1) is 10.4. The van der Waals surface area contributed by atoms with E-state index in [0.29, 0.717) is 23.7 Å². The Bertz CT molecular complexity index is 624. The maximum atomic E-state index is 12.8. The number of fused-ring (bicyclic) bond motifs is 1. The maximum Gasteiger partial charge on any atom is 0.246 e. The van der Waals surface area contributed by atoms with Crippen LogP contribution in [0.25, 0.3) is 0 Å². The van der Waals surface area contributed by atoms with Gasteiger partial charge in [0, 0.05) is 30.8 Å². The zero-order chi connectivity index (χ0) is 15.9. The molecule has 0 aliphatic carbocycles. The second kappa shape index (κ2) is 5.78. The zero-order valence-electron chi connectivity index (χ0n) is 12.7. The number of carbonyl (C=O) groups is 2. The first-order valence-corrected chi connectivity index (χ1v) is 8.73. The van der Waals surface area contributed by atoms with E-state index >= 15 is 0 Å². The highest BCUT2D eigenvalue weighted by atomic mass is 35.5. The van der Waals surface area contributed by atoms with Crippen molar-refractivity contribution in [1.29, 1.82) is 0 Å². The van der Waals surface area contributed by atoms with Crippen LogP contribution in [-0.4, -0.2) is 45.3 Å². The van der Waals surface area contributed by atoms with E-state index in [1.54, 1.807) is 28.6 Å². The number of hydrogen-bond acceptors (Lipinski definition) is 3. The van der Waals surface area contributed by atoms with Crippen molar-refractivity contribution in [1.82, 2.24) is 9.80 Å². The fraction of sp³-hybridized carbons (Fsp3) is 0.500. The van der Waals surface area contributed by atoms with E-state index in [9.17, 15) is 9.59 Å². The van der Waals surface area contributed by atoms with Gasteiger partial charge >= 0.3 is 0 Å². The van der Waals surface area contributed by atoms with Gasteiger partial charge in [0.2, 0.25) is 11.8 Å². The summed E-state index contributed by atoms with van der Waals surface area (Å²) in [6.45, 7) is 2.56. The molecule has 2 heterocycles. The third-order valence-electron chi connectivity index (χ3n) is 4.41. The molecule has 0 unspecified atom stereocenters. The molecule has 2 fully saturated rings. The largest absolute Gasteiger partial charge is 0.340 e. The van der Waals surface area contributed by atoms with Gasteiger partial charge in [-0.1, -0.05) is 23.7 Å². The number of thioether (sulfide) groups is 1. The molecular formula is C16H19ClN2O2S. The fourth-order valence-corrected chi connectivity index (χ4v) is 4.88. The summed E-state index contributed by atoms with van der Waals surface area (Å²) in [5.74, 6) is 0.787. The normalized spacial score (nSPS) is 27.1. The SMILES string of the molecule is CN(Cc1cccc(Cl)c1)C(=O)[C@@H]1CS[C@@]2(C)CCC(=O)N12. The molecule has 2 saturated heterocycles. The van der Waals surface area contributed by atoms with Gasteiger partial charge in [-0.15, -0.1) is 11.8 Å². The second-order valence-electron chi connectivity index (χ2n) is 6.09. The Labute approximate surface area is 139 Å². The summed E-state index contributed by atoms with van der Waals surface area (Å²) in [6, 6.07) is 7.16. The number of rotatable bonds is 3. The summed E-state index contributed by atoms with van der Waals surface area (Å²) in [7, 11) is 1.78. The van der Waals surface area contributed by atoms with Crippen molar-refractivity contribution in [2.24, 2.45) is 0 Å². The van der Waals surface area contributed by atoms with Gasteiger partial charge in [0.1, 0.15) is 6.04 Å². The molecule has 0 saturated carbocycles. The Hall–Kier alpha value is -1.20. The molecule has 2 amide bonds. The van der Waals surface area contributed by atoms with Crippen LogP contribution in [0, 0.1) is 0 Å². The molecule has 1 aromatic rings. The number of hydrogen-bond donors (Lipinski definition) is 0. The quantitative estimate of drug-likeness (QED) is 0.851. The summed E-state index contributed by atoms with van der Waals surface area (Å²) in [5.41, 5.74) is 0.990. The van der Waals surface area contributed by atoms with E-state index in [1.165, 1.54) is 0 Å². The van der Waals surface area contributed by atoms with E-state index in [0.717, 1.165) is 12.0 Å². The van der Waals surface area contributed by atoms with Crippen LogP contribution in [-0.2, 0) is 16.1 Å². The minimum Gasteiger partial charge on any atom is -0.340 e. The van der Waals surface area contributed by atoms with Gasteiger partial charge in [-0.2, -0.15) is 0 Å². The minimum absolute atomic E-state index is 0.00597. The third kappa shape index (κ3) is 2.72. The minimum atomic E-state index is -0.339. The van der Waals surface area contributed by atoms with Gasteiger partial charge in [0.25, 0.3) is 0 Å². The first kappa shape index (κ1) is 15.7. The van der Waals surface area contributed by atoms with Crippen LogP contribution >= 0.6 is 23.4 Å². The molecule has 0 aromatic heterocycles. The Morgan fingerprint density at radius 1 is 1.55 bits per heavy atom. The Morgan fingerprint density at radius 2 is 2.32 bits per heavy atom. The molecule has 1 aromatic carbocycles. The number of likely N-dealkylation sites (N-methyl/N-ethyl adjacent to an activating group) is 1. The average Bonchev–Trinajstić information content (AvgIpc) is 2.95. The van der Waals surface area contributed by atoms with Crippen LogP contribution in [0.3, 0.4) is 0 Å². The zero-order valence-corrected chi connectivity index (χ0v) is 14.3. The molecule has 22 heavy (non-hydrogen) atoms. The van der Waals surface area contributed by atoms with Crippen LogP contribution in [0.15, 0.2) is 24.3 Å². The highest BCUT2D eigenvalue weighted by Gasteiger charge is 2.53. The van der Waals surface area contributed by atoms with E-state index in [-0.39, 0.29) is 22.7 Å². The highest BCUT2D eigenvalue weighted by molar-refractivity contribution is 8.01. The molecule has 2 aliphatic heterocycles. The molecule has 0 bridgehead atoms. The van der Waals surface area contributed by atoms with Crippen molar-refractivity contribution in [2.75, 3.05) is 12.8 Å². The summed E-state index contributed by atoms with van der Waals surface area (Å²) in [4.78, 5) is 28.2. The molecule has 0 N–H and O–H groups in total. The molecule has 2 atom stereocenters. The molecule has 6 heteroatoms. The fourth-order valence-electron chi connectivity index (χ4n) is 3.24. The van der Waals surface area contributed by atoms with Crippen molar-refractivity contribution < 1.29 is 9.59 Å². The second-order valence-corrected chi connectivity index (χ2v) is 8.03. The average molecular weight is 339 g/mol. The maximum absolute atomic E-state index is 12.8. The first-order valence-electron chi connectivity index (χ1n) is 7.36. The lowest BCUT2D eigenvalue weighted by Gasteiger charge is -2.32. The van der Waals surface area contributed by atoms with Gasteiger partial charge < -0.3 is 9.80 Å². The van der Waals surface area contributed by atoms with E-state index in [2.05, 4.69) is 6.92 Å². The van der Waals surface area contributed by atoms with Crippen LogP contribution in [0.5, 0.6) is 0 Å². The summed E-state index contributed by atoms with van der Waals surface area (Å²) < 4.78 is 0. The topological polar surface area (TPSA) is 40.6 Å². The number of halogens is 1. The van der Waals surface area contributed by atoms with Crippen molar-refractivity contribution in [3.8, 4) is 0 Å². The summed E-state index contributed by atoms with van der Waals surface area (Å²) >= 11 is 7.70. The monoisotopic (exact) mass is 338 g/mol. The van der Waals surface area contributed by atoms with Crippen LogP contribution in [0.2, 0.25) is 5.02 Å². The van der Waals surface area contributed by atoms with Crippen LogP contribution < -0.4 is 0 Å². The smallest absolute Gasteiger partial charge is 0.246 e.